The molecule has 1 atom stereocenters. The van der Waals surface area contributed by atoms with Gasteiger partial charge in [0.2, 0.25) is 5.95 Å². The van der Waals surface area contributed by atoms with Gasteiger partial charge < -0.3 is 15.5 Å². The van der Waals surface area contributed by atoms with Gasteiger partial charge in [0.1, 0.15) is 11.6 Å². The molecule has 0 saturated carbocycles. The van der Waals surface area contributed by atoms with Crippen molar-refractivity contribution in [2.75, 3.05) is 29.9 Å². The van der Waals surface area contributed by atoms with Gasteiger partial charge in [-0.15, -0.1) is 0 Å². The van der Waals surface area contributed by atoms with Crippen LogP contribution in [0.2, 0.25) is 0 Å². The molecule has 0 amide bonds. The molecule has 1 aromatic heterocycles. The van der Waals surface area contributed by atoms with Crippen molar-refractivity contribution in [3.05, 3.63) is 41.8 Å². The number of para-hydroxylation sites is 1. The number of benzene rings is 1. The third kappa shape index (κ3) is 3.17. The van der Waals surface area contributed by atoms with Crippen molar-refractivity contribution >= 4 is 17.5 Å². The molecule has 2 aromatic rings. The Morgan fingerprint density at radius 3 is 2.91 bits per heavy atom. The predicted molar refractivity (Wildman–Crippen MR) is 86.1 cm³/mol. The van der Waals surface area contributed by atoms with Crippen LogP contribution in [-0.4, -0.2) is 35.6 Å². The van der Waals surface area contributed by atoms with E-state index in [1.54, 1.807) is 18.2 Å². The molecule has 0 bridgehead atoms. The summed E-state index contributed by atoms with van der Waals surface area (Å²) in [5.41, 5.74) is 1.27. The summed E-state index contributed by atoms with van der Waals surface area (Å²) >= 11 is 0. The van der Waals surface area contributed by atoms with E-state index in [0.717, 1.165) is 25.3 Å². The first kappa shape index (κ1) is 14.7. The van der Waals surface area contributed by atoms with Crippen molar-refractivity contribution in [3.8, 4) is 0 Å². The average Bonchev–Trinajstić information content (AvgIpc) is 2.49. The lowest BCUT2D eigenvalue weighted by atomic mass is 10.2. The number of hydrogen-bond donors (Lipinski definition) is 2. The van der Waals surface area contributed by atoms with E-state index in [-0.39, 0.29) is 5.82 Å². The van der Waals surface area contributed by atoms with E-state index in [4.69, 9.17) is 0 Å². The molecule has 1 unspecified atom stereocenters. The minimum Gasteiger partial charge on any atom is -0.338 e. The summed E-state index contributed by atoms with van der Waals surface area (Å²) in [5, 5.41) is 6.39. The number of halogens is 1. The number of nitrogens with zero attached hydrogens (tertiary/aromatic N) is 3. The van der Waals surface area contributed by atoms with Gasteiger partial charge in [0.25, 0.3) is 0 Å². The van der Waals surface area contributed by atoms with E-state index in [2.05, 4.69) is 32.4 Å². The van der Waals surface area contributed by atoms with Gasteiger partial charge in [0.05, 0.1) is 5.69 Å². The van der Waals surface area contributed by atoms with Crippen LogP contribution in [0.25, 0.3) is 0 Å². The van der Waals surface area contributed by atoms with Gasteiger partial charge in [-0.05, 0) is 26.0 Å². The standard InChI is InChI=1S/C16H20FN5/c1-11-9-15(20-14-6-4-3-5-13(14)17)21-16(19-11)22-8-7-18-10-12(22)2/h3-6,9,12,18H,7-8,10H2,1-2H3,(H,19,20,21). The van der Waals surface area contributed by atoms with Gasteiger partial charge in [0.15, 0.2) is 0 Å². The molecule has 5 nitrogen and oxygen atoms in total. The molecule has 1 aromatic carbocycles. The van der Waals surface area contributed by atoms with Crippen LogP contribution in [0.5, 0.6) is 0 Å². The fraction of sp³-hybridized carbons (Fsp3) is 0.375. The summed E-state index contributed by atoms with van der Waals surface area (Å²) in [4.78, 5) is 11.3. The molecular formula is C16H20FN5. The van der Waals surface area contributed by atoms with Crippen molar-refractivity contribution in [1.29, 1.82) is 0 Å². The third-order valence-corrected chi connectivity index (χ3v) is 3.74. The smallest absolute Gasteiger partial charge is 0.227 e. The zero-order valence-electron chi connectivity index (χ0n) is 12.8. The SMILES string of the molecule is Cc1cc(Nc2ccccc2F)nc(N2CCNCC2C)n1. The topological polar surface area (TPSA) is 53.1 Å². The highest BCUT2D eigenvalue weighted by Crippen LogP contribution is 2.21. The molecule has 1 aliphatic heterocycles. The lowest BCUT2D eigenvalue weighted by Gasteiger charge is -2.34. The van der Waals surface area contributed by atoms with Crippen LogP contribution >= 0.6 is 0 Å². The molecule has 0 spiro atoms. The van der Waals surface area contributed by atoms with Crippen molar-refractivity contribution in [3.63, 3.8) is 0 Å². The molecule has 0 aliphatic carbocycles. The molecule has 1 fully saturated rings. The zero-order valence-corrected chi connectivity index (χ0v) is 12.8. The quantitative estimate of drug-likeness (QED) is 0.912. The second-order valence-electron chi connectivity index (χ2n) is 5.55. The Hall–Kier alpha value is -2.21. The normalized spacial score (nSPS) is 18.3. The van der Waals surface area contributed by atoms with E-state index in [1.165, 1.54) is 6.07 Å². The Balaban J connectivity index is 1.88. The summed E-state index contributed by atoms with van der Waals surface area (Å²) in [6, 6.07) is 8.73. The van der Waals surface area contributed by atoms with Crippen molar-refractivity contribution in [2.45, 2.75) is 19.9 Å². The maximum atomic E-state index is 13.8. The van der Waals surface area contributed by atoms with Gasteiger partial charge in [-0.1, -0.05) is 12.1 Å². The van der Waals surface area contributed by atoms with Crippen LogP contribution < -0.4 is 15.5 Å². The molecule has 6 heteroatoms. The number of hydrogen-bond acceptors (Lipinski definition) is 5. The Morgan fingerprint density at radius 1 is 1.32 bits per heavy atom. The van der Waals surface area contributed by atoms with Crippen LogP contribution in [0.4, 0.5) is 21.8 Å². The fourth-order valence-corrected chi connectivity index (χ4v) is 2.58. The van der Waals surface area contributed by atoms with Crippen LogP contribution in [-0.2, 0) is 0 Å². The predicted octanol–water partition coefficient (Wildman–Crippen LogP) is 2.47. The number of piperazine rings is 1. The summed E-state index contributed by atoms with van der Waals surface area (Å²) in [7, 11) is 0. The lowest BCUT2D eigenvalue weighted by Crippen LogP contribution is -2.50. The number of anilines is 3. The molecule has 2 N–H and O–H groups in total. The molecule has 1 aliphatic rings. The van der Waals surface area contributed by atoms with E-state index in [9.17, 15) is 4.39 Å². The van der Waals surface area contributed by atoms with Crippen LogP contribution in [0, 0.1) is 12.7 Å². The van der Waals surface area contributed by atoms with E-state index >= 15 is 0 Å². The summed E-state index contributed by atoms with van der Waals surface area (Å²) in [6.45, 7) is 6.75. The summed E-state index contributed by atoms with van der Waals surface area (Å²) < 4.78 is 13.8. The van der Waals surface area contributed by atoms with E-state index in [0.29, 0.717) is 23.5 Å². The van der Waals surface area contributed by atoms with Crippen LogP contribution in [0.3, 0.4) is 0 Å². The number of rotatable bonds is 3. The molecule has 3 rings (SSSR count). The maximum absolute atomic E-state index is 13.8. The number of aromatic nitrogens is 2. The first-order valence-electron chi connectivity index (χ1n) is 7.48. The van der Waals surface area contributed by atoms with Gasteiger partial charge in [-0.2, -0.15) is 4.98 Å². The third-order valence-electron chi connectivity index (χ3n) is 3.74. The first-order valence-corrected chi connectivity index (χ1v) is 7.48. The highest BCUT2D eigenvalue weighted by atomic mass is 19.1. The van der Waals surface area contributed by atoms with E-state index in [1.807, 2.05) is 13.0 Å². The largest absolute Gasteiger partial charge is 0.338 e. The monoisotopic (exact) mass is 301 g/mol. The molecule has 116 valence electrons. The van der Waals surface area contributed by atoms with Gasteiger partial charge in [0, 0.05) is 37.4 Å². The molecule has 22 heavy (non-hydrogen) atoms. The minimum absolute atomic E-state index is 0.296. The summed E-state index contributed by atoms with van der Waals surface area (Å²) in [5.74, 6) is 1.00. The Bertz CT molecular complexity index is 661. The van der Waals surface area contributed by atoms with Crippen LogP contribution in [0.1, 0.15) is 12.6 Å². The van der Waals surface area contributed by atoms with Crippen LogP contribution in [0.15, 0.2) is 30.3 Å². The Morgan fingerprint density at radius 2 is 2.14 bits per heavy atom. The first-order chi connectivity index (χ1) is 10.6. The number of aryl methyl sites for hydroxylation is 1. The van der Waals surface area contributed by atoms with Crippen molar-refractivity contribution in [2.24, 2.45) is 0 Å². The van der Waals surface area contributed by atoms with Gasteiger partial charge >= 0.3 is 0 Å². The lowest BCUT2D eigenvalue weighted by molar-refractivity contribution is 0.493. The molecule has 0 radical (unpaired) electrons. The summed E-state index contributed by atoms with van der Waals surface area (Å²) in [6.07, 6.45) is 0. The second kappa shape index (κ2) is 6.27. The number of nitrogens with one attached hydrogen (secondary N) is 2. The van der Waals surface area contributed by atoms with Crippen molar-refractivity contribution < 1.29 is 4.39 Å². The van der Waals surface area contributed by atoms with Gasteiger partial charge in [-0.25, -0.2) is 9.37 Å². The molecule has 1 saturated heterocycles. The van der Waals surface area contributed by atoms with Crippen molar-refractivity contribution in [1.82, 2.24) is 15.3 Å². The average molecular weight is 301 g/mol. The highest BCUT2D eigenvalue weighted by molar-refractivity contribution is 5.58. The Labute approximate surface area is 129 Å². The molecule has 2 heterocycles. The minimum atomic E-state index is -0.296. The molecular weight excluding hydrogens is 281 g/mol. The van der Waals surface area contributed by atoms with Gasteiger partial charge in [-0.3, -0.25) is 0 Å². The maximum Gasteiger partial charge on any atom is 0.227 e. The highest BCUT2D eigenvalue weighted by Gasteiger charge is 2.21. The Kier molecular flexibility index (Phi) is 4.20. The zero-order chi connectivity index (χ0) is 15.5. The fourth-order valence-electron chi connectivity index (χ4n) is 2.58. The second-order valence-corrected chi connectivity index (χ2v) is 5.55. The van der Waals surface area contributed by atoms with E-state index < -0.39 is 0 Å².